The number of nitrogens with zero attached hydrogens (tertiary/aromatic N) is 3. The maximum absolute atomic E-state index is 4.52. The molecule has 4 nitrogen and oxygen atoms in total. The van der Waals surface area contributed by atoms with Crippen LogP contribution in [0.15, 0.2) is 54.3 Å². The average molecular weight is 284 g/mol. The molecule has 3 heterocycles. The molecule has 0 aromatic carbocycles. The second-order valence-electron chi connectivity index (χ2n) is 4.50. The molecule has 0 aliphatic heterocycles. The number of pyridine rings is 1. The van der Waals surface area contributed by atoms with Crippen molar-refractivity contribution < 1.29 is 0 Å². The highest BCUT2D eigenvalue weighted by Crippen LogP contribution is 2.11. The Morgan fingerprint density at radius 2 is 2.05 bits per heavy atom. The van der Waals surface area contributed by atoms with Crippen LogP contribution in [0, 0.1) is 0 Å². The first kappa shape index (κ1) is 12.9. The lowest BCUT2D eigenvalue weighted by atomic mass is 10.2. The van der Waals surface area contributed by atoms with E-state index < -0.39 is 0 Å². The summed E-state index contributed by atoms with van der Waals surface area (Å²) < 4.78 is 1.97. The van der Waals surface area contributed by atoms with Gasteiger partial charge in [-0.25, -0.2) is 0 Å². The van der Waals surface area contributed by atoms with Crippen molar-refractivity contribution in [2.24, 2.45) is 0 Å². The zero-order chi connectivity index (χ0) is 13.6. The van der Waals surface area contributed by atoms with Crippen molar-refractivity contribution in [3.8, 4) is 0 Å². The average Bonchev–Trinajstić information content (AvgIpc) is 3.16. The largest absolute Gasteiger partial charge is 0.364 e. The summed E-state index contributed by atoms with van der Waals surface area (Å²) in [4.78, 5) is 5.34. The minimum atomic E-state index is 0.832. The molecule has 0 radical (unpaired) electrons. The zero-order valence-corrected chi connectivity index (χ0v) is 11.9. The van der Waals surface area contributed by atoms with Crippen LogP contribution in [0.3, 0.4) is 0 Å². The van der Waals surface area contributed by atoms with Gasteiger partial charge in [0, 0.05) is 36.1 Å². The van der Waals surface area contributed by atoms with E-state index in [0.717, 1.165) is 25.3 Å². The van der Waals surface area contributed by atoms with Gasteiger partial charge in [0.25, 0.3) is 0 Å². The summed E-state index contributed by atoms with van der Waals surface area (Å²) in [5, 5.41) is 9.94. The van der Waals surface area contributed by atoms with E-state index in [4.69, 9.17) is 0 Å². The second-order valence-corrected chi connectivity index (χ2v) is 5.53. The molecule has 0 aliphatic carbocycles. The first-order valence-corrected chi connectivity index (χ1v) is 7.47. The minimum Gasteiger partial charge on any atom is -0.364 e. The highest BCUT2D eigenvalue weighted by molar-refractivity contribution is 7.09. The molecule has 0 fully saturated rings. The van der Waals surface area contributed by atoms with Gasteiger partial charge in [0.05, 0.1) is 6.54 Å². The van der Waals surface area contributed by atoms with Gasteiger partial charge in [0.15, 0.2) is 0 Å². The Morgan fingerprint density at radius 1 is 1.15 bits per heavy atom. The fraction of sp³-hybridized carbons (Fsp3) is 0.200. The molecule has 20 heavy (non-hydrogen) atoms. The Balaban J connectivity index is 1.51. The molecule has 0 unspecified atom stereocenters. The summed E-state index contributed by atoms with van der Waals surface area (Å²) in [6, 6.07) is 10.3. The molecule has 102 valence electrons. The molecule has 3 rings (SSSR count). The fourth-order valence-corrected chi connectivity index (χ4v) is 2.61. The molecule has 0 saturated heterocycles. The second kappa shape index (κ2) is 6.34. The SMILES string of the molecule is c1csc(CNc2ccn(CCc3ccncc3)n2)c1. The van der Waals surface area contributed by atoms with Crippen molar-refractivity contribution in [3.05, 3.63) is 64.7 Å². The van der Waals surface area contributed by atoms with Crippen LogP contribution in [0.5, 0.6) is 0 Å². The normalized spacial score (nSPS) is 10.6. The van der Waals surface area contributed by atoms with E-state index in [1.54, 1.807) is 11.3 Å². The van der Waals surface area contributed by atoms with E-state index >= 15 is 0 Å². The monoisotopic (exact) mass is 284 g/mol. The van der Waals surface area contributed by atoms with Crippen LogP contribution in [0.2, 0.25) is 0 Å². The Labute approximate surface area is 122 Å². The summed E-state index contributed by atoms with van der Waals surface area (Å²) >= 11 is 1.75. The summed E-state index contributed by atoms with van der Waals surface area (Å²) in [6.45, 7) is 1.71. The van der Waals surface area contributed by atoms with Crippen molar-refractivity contribution in [2.75, 3.05) is 5.32 Å². The first-order valence-electron chi connectivity index (χ1n) is 6.59. The Kier molecular flexibility index (Phi) is 4.08. The molecule has 0 amide bonds. The van der Waals surface area contributed by atoms with Crippen LogP contribution in [0.25, 0.3) is 0 Å². The Hall–Kier alpha value is -2.14. The van der Waals surface area contributed by atoms with Gasteiger partial charge in [0.1, 0.15) is 5.82 Å². The third kappa shape index (κ3) is 3.45. The lowest BCUT2D eigenvalue weighted by Gasteiger charge is -2.02. The molecule has 0 spiro atoms. The maximum atomic E-state index is 4.52. The number of anilines is 1. The third-order valence-corrected chi connectivity index (χ3v) is 3.92. The molecule has 5 heteroatoms. The lowest BCUT2D eigenvalue weighted by Crippen LogP contribution is -2.04. The topological polar surface area (TPSA) is 42.7 Å². The number of hydrogen-bond acceptors (Lipinski definition) is 4. The Bertz CT molecular complexity index is 631. The van der Waals surface area contributed by atoms with Crippen molar-refractivity contribution in [1.82, 2.24) is 14.8 Å². The highest BCUT2D eigenvalue weighted by Gasteiger charge is 2.00. The standard InChI is InChI=1S/C15H16N4S/c1-2-14(20-11-1)12-17-15-6-10-19(18-15)9-5-13-3-7-16-8-4-13/h1-4,6-8,10-11H,5,9,12H2,(H,17,18). The van der Waals surface area contributed by atoms with Gasteiger partial charge in [-0.15, -0.1) is 11.3 Å². The maximum Gasteiger partial charge on any atom is 0.148 e. The van der Waals surface area contributed by atoms with Crippen LogP contribution < -0.4 is 5.32 Å². The van der Waals surface area contributed by atoms with E-state index in [1.807, 2.05) is 41.5 Å². The molecule has 1 N–H and O–H groups in total. The molecule has 3 aromatic heterocycles. The van der Waals surface area contributed by atoms with Crippen LogP contribution in [0.4, 0.5) is 5.82 Å². The lowest BCUT2D eigenvalue weighted by molar-refractivity contribution is 0.616. The third-order valence-electron chi connectivity index (χ3n) is 3.04. The molecule has 0 bridgehead atoms. The predicted octanol–water partition coefficient (Wildman–Crippen LogP) is 3.19. The predicted molar refractivity (Wildman–Crippen MR) is 81.8 cm³/mol. The van der Waals surface area contributed by atoms with E-state index in [2.05, 4.69) is 32.9 Å². The van der Waals surface area contributed by atoms with Gasteiger partial charge in [-0.2, -0.15) is 5.10 Å². The summed E-state index contributed by atoms with van der Waals surface area (Å²) in [6.07, 6.45) is 6.63. The quantitative estimate of drug-likeness (QED) is 0.756. The highest BCUT2D eigenvalue weighted by atomic mass is 32.1. The van der Waals surface area contributed by atoms with Gasteiger partial charge in [-0.3, -0.25) is 9.67 Å². The molecular formula is C15H16N4S. The zero-order valence-electron chi connectivity index (χ0n) is 11.1. The fourth-order valence-electron chi connectivity index (χ4n) is 1.96. The van der Waals surface area contributed by atoms with E-state index in [-0.39, 0.29) is 0 Å². The minimum absolute atomic E-state index is 0.832. The van der Waals surface area contributed by atoms with Gasteiger partial charge < -0.3 is 5.32 Å². The molecule has 0 saturated carbocycles. The van der Waals surface area contributed by atoms with Crippen molar-refractivity contribution >= 4 is 17.2 Å². The van der Waals surface area contributed by atoms with E-state index in [0.29, 0.717) is 0 Å². The number of aryl methyl sites for hydroxylation is 2. The number of rotatable bonds is 6. The van der Waals surface area contributed by atoms with Gasteiger partial charge in [-0.1, -0.05) is 6.07 Å². The van der Waals surface area contributed by atoms with Crippen molar-refractivity contribution in [2.45, 2.75) is 19.5 Å². The first-order chi connectivity index (χ1) is 9.90. The van der Waals surface area contributed by atoms with Gasteiger partial charge in [-0.05, 0) is 35.6 Å². The smallest absolute Gasteiger partial charge is 0.148 e. The van der Waals surface area contributed by atoms with Crippen LogP contribution in [0.1, 0.15) is 10.4 Å². The number of nitrogens with one attached hydrogen (secondary N) is 1. The molecule has 0 aliphatic rings. The van der Waals surface area contributed by atoms with Crippen molar-refractivity contribution in [3.63, 3.8) is 0 Å². The summed E-state index contributed by atoms with van der Waals surface area (Å²) in [5.41, 5.74) is 1.28. The molecular weight excluding hydrogens is 268 g/mol. The van der Waals surface area contributed by atoms with Gasteiger partial charge >= 0.3 is 0 Å². The molecule has 3 aromatic rings. The molecule has 0 atom stereocenters. The van der Waals surface area contributed by atoms with Crippen LogP contribution in [-0.2, 0) is 19.5 Å². The number of hydrogen-bond donors (Lipinski definition) is 1. The van der Waals surface area contributed by atoms with Crippen LogP contribution in [-0.4, -0.2) is 14.8 Å². The van der Waals surface area contributed by atoms with E-state index in [1.165, 1.54) is 10.4 Å². The summed E-state index contributed by atoms with van der Waals surface area (Å²) in [7, 11) is 0. The van der Waals surface area contributed by atoms with E-state index in [9.17, 15) is 0 Å². The van der Waals surface area contributed by atoms with Gasteiger partial charge in [0.2, 0.25) is 0 Å². The Morgan fingerprint density at radius 3 is 2.85 bits per heavy atom. The van der Waals surface area contributed by atoms with Crippen molar-refractivity contribution in [1.29, 1.82) is 0 Å². The number of thiophene rings is 1. The summed E-state index contributed by atoms with van der Waals surface area (Å²) in [5.74, 6) is 0.924. The van der Waals surface area contributed by atoms with Crippen LogP contribution >= 0.6 is 11.3 Å². The number of aromatic nitrogens is 3.